The molecule has 0 spiro atoms. The molecular weight excluding hydrogens is 424 g/mol. The lowest BCUT2D eigenvalue weighted by Gasteiger charge is -2.31. The van der Waals surface area contributed by atoms with Crippen LogP contribution in [0.15, 0.2) is 36.4 Å². The van der Waals surface area contributed by atoms with Gasteiger partial charge in [0.2, 0.25) is 5.91 Å². The van der Waals surface area contributed by atoms with Gasteiger partial charge >= 0.3 is 0 Å². The molecule has 0 aliphatic heterocycles. The van der Waals surface area contributed by atoms with E-state index >= 15 is 0 Å². The van der Waals surface area contributed by atoms with Crippen LogP contribution >= 0.6 is 11.6 Å². The Kier molecular flexibility index (Phi) is 9.58. The van der Waals surface area contributed by atoms with Crippen molar-refractivity contribution in [1.29, 1.82) is 0 Å². The maximum atomic E-state index is 13.3. The van der Waals surface area contributed by atoms with Crippen molar-refractivity contribution in [2.45, 2.75) is 60.5 Å². The first-order chi connectivity index (χ1) is 15.1. The van der Waals surface area contributed by atoms with E-state index < -0.39 is 6.04 Å². The molecule has 0 aromatic heterocycles. The monoisotopic (exact) mass is 458 g/mol. The number of amides is 2. The Hall–Kier alpha value is -2.53. The van der Waals surface area contributed by atoms with Crippen molar-refractivity contribution in [1.82, 2.24) is 10.2 Å². The van der Waals surface area contributed by atoms with Gasteiger partial charge < -0.3 is 15.0 Å². The number of aryl methyl sites for hydroxylation is 3. The molecule has 32 heavy (non-hydrogen) atoms. The number of hydrogen-bond acceptors (Lipinski definition) is 3. The first-order valence-electron chi connectivity index (χ1n) is 11.1. The predicted molar refractivity (Wildman–Crippen MR) is 130 cm³/mol. The fraction of sp³-hybridized carbons (Fsp3) is 0.462. The van der Waals surface area contributed by atoms with Gasteiger partial charge in [-0.3, -0.25) is 9.59 Å². The number of nitrogens with one attached hydrogen (secondary N) is 1. The maximum absolute atomic E-state index is 13.3. The van der Waals surface area contributed by atoms with Crippen molar-refractivity contribution in [3.8, 4) is 5.75 Å². The van der Waals surface area contributed by atoms with Gasteiger partial charge in [0.25, 0.3) is 5.91 Å². The van der Waals surface area contributed by atoms with E-state index in [0.717, 1.165) is 22.3 Å². The number of hydrogen-bond donors (Lipinski definition) is 1. The number of ether oxygens (including phenoxy) is 1. The highest BCUT2D eigenvalue weighted by Gasteiger charge is 2.29. The zero-order valence-corrected chi connectivity index (χ0v) is 20.8. The molecule has 5 nitrogen and oxygen atoms in total. The molecule has 1 atom stereocenters. The minimum absolute atomic E-state index is 0.138. The second-order valence-electron chi connectivity index (χ2n) is 8.67. The van der Waals surface area contributed by atoms with Gasteiger partial charge in [-0.15, -0.1) is 0 Å². The van der Waals surface area contributed by atoms with Gasteiger partial charge in [0.1, 0.15) is 11.8 Å². The molecule has 0 aliphatic rings. The second-order valence-corrected chi connectivity index (χ2v) is 9.05. The smallest absolute Gasteiger partial charge is 0.261 e. The van der Waals surface area contributed by atoms with Crippen LogP contribution in [0.2, 0.25) is 5.02 Å². The minimum atomic E-state index is -0.571. The third-order valence-electron chi connectivity index (χ3n) is 5.44. The highest BCUT2D eigenvalue weighted by Crippen LogP contribution is 2.26. The predicted octanol–water partition coefficient (Wildman–Crippen LogP) is 5.22. The van der Waals surface area contributed by atoms with Crippen LogP contribution in [0, 0.1) is 26.7 Å². The van der Waals surface area contributed by atoms with Gasteiger partial charge in [-0.25, -0.2) is 0 Å². The van der Waals surface area contributed by atoms with Crippen molar-refractivity contribution in [2.24, 2.45) is 5.92 Å². The Morgan fingerprint density at radius 1 is 1.06 bits per heavy atom. The summed E-state index contributed by atoms with van der Waals surface area (Å²) in [6, 6.07) is 11.0. The number of carbonyl (C=O) groups is 2. The summed E-state index contributed by atoms with van der Waals surface area (Å²) in [6.07, 6.45) is 0.515. The van der Waals surface area contributed by atoms with E-state index in [4.69, 9.17) is 16.3 Å². The Bertz CT molecular complexity index is 919. The van der Waals surface area contributed by atoms with Crippen molar-refractivity contribution < 1.29 is 14.3 Å². The first kappa shape index (κ1) is 25.7. The molecule has 0 aliphatic carbocycles. The van der Waals surface area contributed by atoms with E-state index in [1.54, 1.807) is 4.90 Å². The fourth-order valence-electron chi connectivity index (χ4n) is 3.53. The molecule has 0 unspecified atom stereocenters. The van der Waals surface area contributed by atoms with Crippen molar-refractivity contribution in [2.75, 3.05) is 13.2 Å². The molecule has 2 amide bonds. The van der Waals surface area contributed by atoms with Crippen molar-refractivity contribution in [3.05, 3.63) is 63.7 Å². The summed E-state index contributed by atoms with van der Waals surface area (Å²) >= 11 is 6.24. The third-order valence-corrected chi connectivity index (χ3v) is 6.04. The largest absolute Gasteiger partial charge is 0.484 e. The second kappa shape index (κ2) is 11.9. The van der Waals surface area contributed by atoms with E-state index in [-0.39, 0.29) is 18.4 Å². The lowest BCUT2D eigenvalue weighted by Crippen LogP contribution is -2.50. The van der Waals surface area contributed by atoms with Crippen LogP contribution in [0.25, 0.3) is 0 Å². The molecule has 2 rings (SSSR count). The van der Waals surface area contributed by atoms with E-state index in [0.29, 0.717) is 36.2 Å². The number of carbonyl (C=O) groups excluding carboxylic acids is 2. The fourth-order valence-corrected chi connectivity index (χ4v) is 3.64. The SMILES string of the molecule is CC[C@@H](C(=O)NCC(C)C)N(Cc1ccccc1C)C(=O)COc1cc(C)c(Cl)c(C)c1. The quantitative estimate of drug-likeness (QED) is 0.530. The Morgan fingerprint density at radius 3 is 2.25 bits per heavy atom. The van der Waals surface area contributed by atoms with Gasteiger partial charge in [0.15, 0.2) is 6.61 Å². The summed E-state index contributed by atoms with van der Waals surface area (Å²) in [4.78, 5) is 27.9. The topological polar surface area (TPSA) is 58.6 Å². The molecule has 0 heterocycles. The van der Waals surface area contributed by atoms with Crippen LogP contribution in [0.3, 0.4) is 0 Å². The van der Waals surface area contributed by atoms with E-state index in [9.17, 15) is 9.59 Å². The standard InChI is InChI=1S/C26H35ClN2O3/c1-7-23(26(31)28-14-17(2)3)29(15-21-11-9-8-10-18(21)4)24(30)16-32-22-12-19(5)25(27)20(6)13-22/h8-13,17,23H,7,14-16H2,1-6H3,(H,28,31)/t23-/m0/s1. The van der Waals surface area contributed by atoms with Gasteiger partial charge in [-0.2, -0.15) is 0 Å². The lowest BCUT2D eigenvalue weighted by molar-refractivity contribution is -0.143. The van der Waals surface area contributed by atoms with Gasteiger partial charge in [0, 0.05) is 18.1 Å². The maximum Gasteiger partial charge on any atom is 0.261 e. The molecule has 6 heteroatoms. The molecule has 2 aromatic carbocycles. The molecule has 0 fully saturated rings. The zero-order valence-electron chi connectivity index (χ0n) is 20.0. The molecular formula is C26H35ClN2O3. The molecule has 174 valence electrons. The highest BCUT2D eigenvalue weighted by molar-refractivity contribution is 6.32. The van der Waals surface area contributed by atoms with Crippen LogP contribution in [0.1, 0.15) is 49.4 Å². The van der Waals surface area contributed by atoms with Crippen LogP contribution in [0.5, 0.6) is 5.75 Å². The molecule has 1 N–H and O–H groups in total. The average molecular weight is 459 g/mol. The number of rotatable bonds is 10. The Labute approximate surface area is 197 Å². The molecule has 0 saturated carbocycles. The summed E-state index contributed by atoms with van der Waals surface area (Å²) in [5.41, 5.74) is 3.87. The van der Waals surface area contributed by atoms with Crippen LogP contribution in [-0.4, -0.2) is 35.9 Å². The number of nitrogens with zero attached hydrogens (tertiary/aromatic N) is 1. The molecule has 0 saturated heterocycles. The normalized spacial score (nSPS) is 11.9. The van der Waals surface area contributed by atoms with Crippen LogP contribution in [0.4, 0.5) is 0 Å². The minimum Gasteiger partial charge on any atom is -0.484 e. The van der Waals surface area contributed by atoms with Crippen molar-refractivity contribution >= 4 is 23.4 Å². The van der Waals surface area contributed by atoms with Crippen LogP contribution < -0.4 is 10.1 Å². The first-order valence-corrected chi connectivity index (χ1v) is 11.5. The molecule has 0 bridgehead atoms. The highest BCUT2D eigenvalue weighted by atomic mass is 35.5. The van der Waals surface area contributed by atoms with Gasteiger partial charge in [-0.05, 0) is 67.5 Å². The summed E-state index contributed by atoms with van der Waals surface area (Å²) in [5, 5.41) is 3.67. The van der Waals surface area contributed by atoms with E-state index in [1.807, 2.05) is 77.9 Å². The molecule has 0 radical (unpaired) electrons. The number of halogens is 1. The van der Waals surface area contributed by atoms with Gasteiger partial charge in [0.05, 0.1) is 0 Å². The summed E-state index contributed by atoms with van der Waals surface area (Å²) in [6.45, 7) is 12.6. The third kappa shape index (κ3) is 6.99. The average Bonchev–Trinajstić information content (AvgIpc) is 2.75. The van der Waals surface area contributed by atoms with Crippen LogP contribution in [-0.2, 0) is 16.1 Å². The van der Waals surface area contributed by atoms with Crippen molar-refractivity contribution in [3.63, 3.8) is 0 Å². The molecule has 2 aromatic rings. The summed E-state index contributed by atoms with van der Waals surface area (Å²) < 4.78 is 5.82. The van der Waals surface area contributed by atoms with Gasteiger partial charge in [-0.1, -0.05) is 56.6 Å². The van der Waals surface area contributed by atoms with E-state index in [2.05, 4.69) is 5.32 Å². The zero-order chi connectivity index (χ0) is 23.8. The Morgan fingerprint density at radius 2 is 1.69 bits per heavy atom. The number of benzene rings is 2. The lowest BCUT2D eigenvalue weighted by atomic mass is 10.1. The summed E-state index contributed by atoms with van der Waals surface area (Å²) in [5.74, 6) is 0.550. The summed E-state index contributed by atoms with van der Waals surface area (Å²) in [7, 11) is 0. The Balaban J connectivity index is 2.24. The van der Waals surface area contributed by atoms with E-state index in [1.165, 1.54) is 0 Å².